The molecule has 3 unspecified atom stereocenters. The molecule has 2 N–H and O–H groups in total. The van der Waals surface area contributed by atoms with Gasteiger partial charge >= 0.3 is 25.7 Å². The van der Waals surface area contributed by atoms with Crippen molar-refractivity contribution in [1.82, 2.24) is 0 Å². The molecule has 478 valence electrons. The number of rotatable bonds is 60. The highest BCUT2D eigenvalue weighted by molar-refractivity contribution is 7.47. The van der Waals surface area contributed by atoms with Crippen molar-refractivity contribution in [3.05, 3.63) is 134 Å². The summed E-state index contributed by atoms with van der Waals surface area (Å²) in [4.78, 5) is 48.8. The third kappa shape index (κ3) is 62.2. The number of allylic oxidation sites excluding steroid dienone is 22. The van der Waals surface area contributed by atoms with Gasteiger partial charge in [-0.3, -0.25) is 23.4 Å². The number of carbonyl (C=O) groups is 3. The van der Waals surface area contributed by atoms with Gasteiger partial charge in [-0.05, 0) is 141 Å². The second kappa shape index (κ2) is 64.6. The Morgan fingerprint density at radius 1 is 0.345 bits per heavy atom. The molecule has 3 atom stereocenters. The average molecular weight is 1190 g/mol. The molecule has 0 saturated heterocycles. The highest BCUT2D eigenvalue weighted by Gasteiger charge is 2.28. The molecule has 0 fully saturated rings. The number of hydrogen-bond donors (Lipinski definition) is 2. The molecule has 0 bridgehead atoms. The Morgan fingerprint density at radius 2 is 0.619 bits per heavy atom. The number of phosphoric acid groups is 1. The Labute approximate surface area is 512 Å². The molecule has 0 spiro atoms. The average Bonchev–Trinajstić information content (AvgIpc) is 3.55. The Kier molecular flexibility index (Phi) is 61.2. The number of aliphatic hydroxyl groups is 1. The molecule has 11 nitrogen and oxygen atoms in total. The third-order valence-corrected chi connectivity index (χ3v) is 14.5. The lowest BCUT2D eigenvalue weighted by atomic mass is 10.1. The van der Waals surface area contributed by atoms with Crippen LogP contribution in [0.4, 0.5) is 0 Å². The lowest BCUT2D eigenvalue weighted by Crippen LogP contribution is -2.30. The summed E-state index contributed by atoms with van der Waals surface area (Å²) in [5.74, 6) is -1.54. The van der Waals surface area contributed by atoms with Crippen molar-refractivity contribution in [3.63, 3.8) is 0 Å². The van der Waals surface area contributed by atoms with Crippen LogP contribution in [0.3, 0.4) is 0 Å². The SMILES string of the molecule is CC/C=C\C/C=C\C/C=C\C/C=C\C/C=C\CCCCCC(=O)OCC(COP(=O)(O)OCC(CO)OC(=O)CCCCCCCC/C=C\C/C=C\C/C=C\CCCCC)OC(=O)CCCCCCCC/C=C\C/C=C\C/C=C\CCCCC. The topological polar surface area (TPSA) is 155 Å². The second-order valence-corrected chi connectivity index (χ2v) is 23.0. The van der Waals surface area contributed by atoms with Crippen molar-refractivity contribution in [2.75, 3.05) is 26.4 Å². The Bertz CT molecular complexity index is 1920. The van der Waals surface area contributed by atoms with E-state index in [1.165, 1.54) is 51.4 Å². The summed E-state index contributed by atoms with van der Waals surface area (Å²) in [6.45, 7) is 4.42. The van der Waals surface area contributed by atoms with Crippen molar-refractivity contribution < 1.29 is 52.2 Å². The van der Waals surface area contributed by atoms with E-state index >= 15 is 0 Å². The van der Waals surface area contributed by atoms with Crippen LogP contribution in [0, 0.1) is 0 Å². The predicted octanol–water partition coefficient (Wildman–Crippen LogP) is 20.5. The first-order chi connectivity index (χ1) is 41.2. The Morgan fingerprint density at radius 3 is 0.964 bits per heavy atom. The summed E-state index contributed by atoms with van der Waals surface area (Å²) >= 11 is 0. The van der Waals surface area contributed by atoms with Gasteiger partial charge in [0.1, 0.15) is 12.7 Å². The normalized spacial score (nSPS) is 14.1. The summed E-state index contributed by atoms with van der Waals surface area (Å²) < 4.78 is 39.7. The van der Waals surface area contributed by atoms with Crippen molar-refractivity contribution in [3.8, 4) is 0 Å². The van der Waals surface area contributed by atoms with Crippen LogP contribution < -0.4 is 0 Å². The van der Waals surface area contributed by atoms with Gasteiger partial charge in [0, 0.05) is 19.3 Å². The number of unbranched alkanes of at least 4 members (excludes halogenated alkanes) is 21. The van der Waals surface area contributed by atoms with Crippen molar-refractivity contribution >= 4 is 25.7 Å². The molecular weight excluding hydrogens is 1070 g/mol. The fourth-order valence-electron chi connectivity index (χ4n) is 8.51. The lowest BCUT2D eigenvalue weighted by Gasteiger charge is -2.21. The van der Waals surface area contributed by atoms with E-state index in [1.54, 1.807) is 0 Å². The second-order valence-electron chi connectivity index (χ2n) is 21.5. The molecule has 0 aromatic carbocycles. The first-order valence-electron chi connectivity index (χ1n) is 33.1. The number of carbonyl (C=O) groups excluding carboxylic acids is 3. The number of aliphatic hydroxyl groups excluding tert-OH is 1. The Balaban J connectivity index is 4.80. The zero-order valence-corrected chi connectivity index (χ0v) is 54.0. The first kappa shape index (κ1) is 79.6. The van der Waals surface area contributed by atoms with Crippen LogP contribution in [0.1, 0.15) is 265 Å². The van der Waals surface area contributed by atoms with E-state index < -0.39 is 57.8 Å². The standard InChI is InChI=1S/C72H119O11P/c1-4-7-10-13-16-19-22-25-28-31-34-37-40-43-46-49-52-55-58-61-70(74)79-65-69(83-72(76)63-60-57-54-51-48-45-42-39-36-33-30-27-24-21-18-15-12-9-6-3)67-81-84(77,78)80-66-68(64-73)82-71(75)62-59-56-53-50-47-44-41-38-35-32-29-26-23-20-17-14-11-8-5-2/h7,10,16-21,25-30,34-39,43,46,68-69,73H,4-6,8-9,11-15,22-24,31-33,40-42,44-45,47-67H2,1-3H3,(H,77,78)/b10-7-,19-16-,20-17-,21-18-,28-25-,29-26-,30-27-,37-34-,38-35-,39-36-,46-43-. The minimum Gasteiger partial charge on any atom is -0.462 e. The maximum Gasteiger partial charge on any atom is 0.472 e. The van der Waals surface area contributed by atoms with E-state index in [0.29, 0.717) is 19.3 Å². The Hall–Kier alpha value is -4.38. The number of hydrogen-bond acceptors (Lipinski definition) is 10. The van der Waals surface area contributed by atoms with E-state index in [0.717, 1.165) is 154 Å². The lowest BCUT2D eigenvalue weighted by molar-refractivity contribution is -0.161. The van der Waals surface area contributed by atoms with E-state index in [2.05, 4.69) is 154 Å². The molecular formula is C72H119O11P. The number of phosphoric ester groups is 1. The van der Waals surface area contributed by atoms with Gasteiger partial charge in [0.2, 0.25) is 0 Å². The van der Waals surface area contributed by atoms with E-state index in [4.69, 9.17) is 23.3 Å². The van der Waals surface area contributed by atoms with Crippen LogP contribution in [0.5, 0.6) is 0 Å². The molecule has 0 aliphatic rings. The van der Waals surface area contributed by atoms with Crippen LogP contribution in [0.2, 0.25) is 0 Å². The maximum atomic E-state index is 13.0. The predicted molar refractivity (Wildman–Crippen MR) is 353 cm³/mol. The van der Waals surface area contributed by atoms with Gasteiger partial charge < -0.3 is 24.2 Å². The van der Waals surface area contributed by atoms with Gasteiger partial charge in [-0.2, -0.15) is 0 Å². The van der Waals surface area contributed by atoms with Crippen molar-refractivity contribution in [2.45, 2.75) is 277 Å². The molecule has 0 aliphatic carbocycles. The monoisotopic (exact) mass is 1190 g/mol. The first-order valence-corrected chi connectivity index (χ1v) is 34.6. The van der Waals surface area contributed by atoms with Gasteiger partial charge in [0.15, 0.2) is 6.10 Å². The van der Waals surface area contributed by atoms with Crippen LogP contribution in [-0.4, -0.2) is 66.5 Å². The summed E-state index contributed by atoms with van der Waals surface area (Å²) in [5.41, 5.74) is 0. The molecule has 12 heteroatoms. The maximum absolute atomic E-state index is 13.0. The van der Waals surface area contributed by atoms with Crippen LogP contribution in [0.25, 0.3) is 0 Å². The fourth-order valence-corrected chi connectivity index (χ4v) is 9.30. The molecule has 0 aliphatic heterocycles. The van der Waals surface area contributed by atoms with Gasteiger partial charge in [-0.25, -0.2) is 4.57 Å². The largest absolute Gasteiger partial charge is 0.472 e. The van der Waals surface area contributed by atoms with Crippen LogP contribution in [0.15, 0.2) is 134 Å². The summed E-state index contributed by atoms with van der Waals surface area (Å²) in [6.07, 6.45) is 82.5. The molecule has 0 heterocycles. The van der Waals surface area contributed by atoms with Gasteiger partial charge in [0.25, 0.3) is 0 Å². The van der Waals surface area contributed by atoms with Crippen LogP contribution in [-0.2, 0) is 42.2 Å². The zero-order chi connectivity index (χ0) is 61.2. The fraction of sp³-hybridized carbons (Fsp3) is 0.653. The quantitative estimate of drug-likeness (QED) is 0.0197. The molecule has 0 radical (unpaired) electrons. The van der Waals surface area contributed by atoms with Crippen molar-refractivity contribution in [1.29, 1.82) is 0 Å². The van der Waals surface area contributed by atoms with E-state index in [1.807, 2.05) is 0 Å². The molecule has 0 saturated carbocycles. The van der Waals surface area contributed by atoms with Crippen molar-refractivity contribution in [2.24, 2.45) is 0 Å². The van der Waals surface area contributed by atoms with E-state index in [-0.39, 0.29) is 25.9 Å². The summed E-state index contributed by atoms with van der Waals surface area (Å²) in [7, 11) is -4.78. The molecule has 0 rings (SSSR count). The smallest absolute Gasteiger partial charge is 0.462 e. The minimum atomic E-state index is -4.78. The molecule has 0 aromatic rings. The molecule has 84 heavy (non-hydrogen) atoms. The number of esters is 3. The van der Waals surface area contributed by atoms with Gasteiger partial charge in [-0.1, -0.05) is 238 Å². The summed E-state index contributed by atoms with van der Waals surface area (Å²) in [5, 5.41) is 9.87. The van der Waals surface area contributed by atoms with Gasteiger partial charge in [-0.15, -0.1) is 0 Å². The third-order valence-electron chi connectivity index (χ3n) is 13.5. The summed E-state index contributed by atoms with van der Waals surface area (Å²) in [6, 6.07) is 0. The zero-order valence-electron chi connectivity index (χ0n) is 53.1. The van der Waals surface area contributed by atoms with Gasteiger partial charge in [0.05, 0.1) is 19.8 Å². The molecule has 0 aromatic heterocycles. The highest BCUT2D eigenvalue weighted by atomic mass is 31.2. The molecule has 0 amide bonds. The van der Waals surface area contributed by atoms with Crippen LogP contribution >= 0.6 is 7.82 Å². The highest BCUT2D eigenvalue weighted by Crippen LogP contribution is 2.43. The number of ether oxygens (including phenoxy) is 3. The minimum absolute atomic E-state index is 0.137. The van der Waals surface area contributed by atoms with E-state index in [9.17, 15) is 28.9 Å².